The number of azide groups is 1. The summed E-state index contributed by atoms with van der Waals surface area (Å²) in [4.78, 5) is 19.5. The Kier molecular flexibility index (Phi) is 6.63. The number of carbonyl (C=O) groups is 1. The standard InChI is InChI=1S/C20H22ClN5O2/c1-2-13-28-17-6-3-15(4-7-17)20(27)26-11-9-25(10-12-26)19-8-5-16(23-24-22)14-18(19)21/h3-8,14H,2,9-13H2,1H3. The van der Waals surface area contributed by atoms with Crippen molar-refractivity contribution < 1.29 is 9.53 Å². The van der Waals surface area contributed by atoms with Crippen LogP contribution < -0.4 is 9.64 Å². The zero-order valence-electron chi connectivity index (χ0n) is 15.7. The summed E-state index contributed by atoms with van der Waals surface area (Å²) in [7, 11) is 0. The van der Waals surface area contributed by atoms with Gasteiger partial charge in [0.05, 0.1) is 17.3 Å². The van der Waals surface area contributed by atoms with Crippen LogP contribution >= 0.6 is 11.6 Å². The Balaban J connectivity index is 1.60. The zero-order chi connectivity index (χ0) is 19.9. The van der Waals surface area contributed by atoms with E-state index in [2.05, 4.69) is 21.8 Å². The van der Waals surface area contributed by atoms with E-state index in [0.717, 1.165) is 17.9 Å². The van der Waals surface area contributed by atoms with Crippen LogP contribution in [0.5, 0.6) is 5.75 Å². The van der Waals surface area contributed by atoms with Gasteiger partial charge in [-0.05, 0) is 48.4 Å². The van der Waals surface area contributed by atoms with E-state index in [1.54, 1.807) is 12.1 Å². The molecule has 3 rings (SSSR count). The van der Waals surface area contributed by atoms with E-state index in [1.807, 2.05) is 35.2 Å². The SMILES string of the molecule is CCCOc1ccc(C(=O)N2CCN(c3ccc(N=[N+]=[N-])cc3Cl)CC2)cc1. The van der Waals surface area contributed by atoms with Crippen LogP contribution in [0.25, 0.3) is 10.4 Å². The topological polar surface area (TPSA) is 81.5 Å². The van der Waals surface area contributed by atoms with E-state index in [1.165, 1.54) is 0 Å². The highest BCUT2D eigenvalue weighted by Crippen LogP contribution is 2.31. The average Bonchev–Trinajstić information content (AvgIpc) is 2.73. The van der Waals surface area contributed by atoms with Gasteiger partial charge in [-0.15, -0.1) is 0 Å². The summed E-state index contributed by atoms with van der Waals surface area (Å²) in [5.74, 6) is 0.800. The molecule has 0 aromatic heterocycles. The van der Waals surface area contributed by atoms with Gasteiger partial charge in [-0.1, -0.05) is 29.7 Å². The number of benzene rings is 2. The molecule has 28 heavy (non-hydrogen) atoms. The maximum atomic E-state index is 12.7. The van der Waals surface area contributed by atoms with Gasteiger partial charge in [-0.3, -0.25) is 4.79 Å². The number of anilines is 1. The highest BCUT2D eigenvalue weighted by molar-refractivity contribution is 6.33. The number of rotatable bonds is 6. The monoisotopic (exact) mass is 399 g/mol. The first-order valence-electron chi connectivity index (χ1n) is 9.24. The average molecular weight is 400 g/mol. The summed E-state index contributed by atoms with van der Waals surface area (Å²) in [6.07, 6.45) is 0.948. The molecular weight excluding hydrogens is 378 g/mol. The van der Waals surface area contributed by atoms with Gasteiger partial charge in [-0.2, -0.15) is 0 Å². The van der Waals surface area contributed by atoms with E-state index in [0.29, 0.717) is 49.1 Å². The van der Waals surface area contributed by atoms with Crippen LogP contribution in [0.1, 0.15) is 23.7 Å². The summed E-state index contributed by atoms with van der Waals surface area (Å²) in [6.45, 7) is 5.32. The predicted octanol–water partition coefficient (Wildman–Crippen LogP) is 5.03. The van der Waals surface area contributed by atoms with Crippen molar-refractivity contribution in [2.75, 3.05) is 37.7 Å². The van der Waals surface area contributed by atoms with E-state index in [-0.39, 0.29) is 5.91 Å². The Morgan fingerprint density at radius 1 is 1.18 bits per heavy atom. The summed E-state index contributed by atoms with van der Waals surface area (Å²) in [5, 5.41) is 4.10. The maximum absolute atomic E-state index is 12.7. The van der Waals surface area contributed by atoms with Crippen LogP contribution in [0.4, 0.5) is 11.4 Å². The Morgan fingerprint density at radius 2 is 1.89 bits per heavy atom. The van der Waals surface area contributed by atoms with Crippen molar-refractivity contribution >= 4 is 28.9 Å². The Bertz CT molecular complexity index is 873. The lowest BCUT2D eigenvalue weighted by Crippen LogP contribution is -2.48. The van der Waals surface area contributed by atoms with Crippen molar-refractivity contribution in [1.82, 2.24) is 4.90 Å². The number of amides is 1. The van der Waals surface area contributed by atoms with E-state index in [4.69, 9.17) is 21.9 Å². The molecule has 1 fully saturated rings. The smallest absolute Gasteiger partial charge is 0.253 e. The van der Waals surface area contributed by atoms with E-state index in [9.17, 15) is 4.79 Å². The van der Waals surface area contributed by atoms with Crippen LogP contribution in [0.2, 0.25) is 5.02 Å². The van der Waals surface area contributed by atoms with Crippen LogP contribution in [0, 0.1) is 0 Å². The van der Waals surface area contributed by atoms with E-state index < -0.39 is 0 Å². The van der Waals surface area contributed by atoms with E-state index >= 15 is 0 Å². The molecule has 0 radical (unpaired) electrons. The van der Waals surface area contributed by atoms with Gasteiger partial charge in [0, 0.05) is 42.3 Å². The molecule has 0 N–H and O–H groups in total. The minimum Gasteiger partial charge on any atom is -0.494 e. The lowest BCUT2D eigenvalue weighted by molar-refractivity contribution is 0.0747. The number of piperazine rings is 1. The largest absolute Gasteiger partial charge is 0.494 e. The number of carbonyl (C=O) groups excluding carboxylic acids is 1. The Morgan fingerprint density at radius 3 is 2.50 bits per heavy atom. The fourth-order valence-corrected chi connectivity index (χ4v) is 3.41. The van der Waals surface area contributed by atoms with Gasteiger partial charge in [0.25, 0.3) is 5.91 Å². The predicted molar refractivity (Wildman–Crippen MR) is 111 cm³/mol. The van der Waals surface area contributed by atoms with Crippen molar-refractivity contribution in [1.29, 1.82) is 0 Å². The van der Waals surface area contributed by atoms with Gasteiger partial charge in [-0.25, -0.2) is 0 Å². The van der Waals surface area contributed by atoms with Crippen molar-refractivity contribution in [2.45, 2.75) is 13.3 Å². The molecule has 1 amide bonds. The fraction of sp³-hybridized carbons (Fsp3) is 0.350. The van der Waals surface area contributed by atoms with Crippen molar-refractivity contribution in [3.05, 3.63) is 63.5 Å². The lowest BCUT2D eigenvalue weighted by Gasteiger charge is -2.36. The second-order valence-electron chi connectivity index (χ2n) is 6.48. The second-order valence-corrected chi connectivity index (χ2v) is 6.88. The highest BCUT2D eigenvalue weighted by Gasteiger charge is 2.23. The van der Waals surface area contributed by atoms with Crippen LogP contribution in [0.15, 0.2) is 47.6 Å². The molecule has 1 aliphatic rings. The minimum atomic E-state index is 0.0199. The summed E-state index contributed by atoms with van der Waals surface area (Å²) >= 11 is 6.33. The summed E-state index contributed by atoms with van der Waals surface area (Å²) < 4.78 is 5.56. The number of nitrogens with zero attached hydrogens (tertiary/aromatic N) is 5. The van der Waals surface area contributed by atoms with Gasteiger partial charge < -0.3 is 14.5 Å². The summed E-state index contributed by atoms with van der Waals surface area (Å²) in [5.41, 5.74) is 10.5. The number of halogens is 1. The molecule has 8 heteroatoms. The Labute approximate surface area is 169 Å². The molecular formula is C20H22ClN5O2. The van der Waals surface area contributed by atoms with Gasteiger partial charge in [0.2, 0.25) is 0 Å². The molecule has 0 spiro atoms. The molecule has 1 aliphatic heterocycles. The first-order chi connectivity index (χ1) is 13.6. The first-order valence-corrected chi connectivity index (χ1v) is 9.62. The van der Waals surface area contributed by atoms with Crippen LogP contribution in [-0.4, -0.2) is 43.6 Å². The highest BCUT2D eigenvalue weighted by atomic mass is 35.5. The maximum Gasteiger partial charge on any atom is 0.253 e. The van der Waals surface area contributed by atoms with Crippen LogP contribution in [-0.2, 0) is 0 Å². The quantitative estimate of drug-likeness (QED) is 0.388. The van der Waals surface area contributed by atoms with Crippen molar-refractivity contribution in [3.63, 3.8) is 0 Å². The molecule has 2 aromatic rings. The molecule has 0 bridgehead atoms. The van der Waals surface area contributed by atoms with Gasteiger partial charge in [0.15, 0.2) is 0 Å². The molecule has 0 atom stereocenters. The minimum absolute atomic E-state index is 0.0199. The lowest BCUT2D eigenvalue weighted by atomic mass is 10.1. The van der Waals surface area contributed by atoms with Gasteiger partial charge in [0.1, 0.15) is 5.75 Å². The van der Waals surface area contributed by atoms with Crippen LogP contribution in [0.3, 0.4) is 0 Å². The third kappa shape index (κ3) is 4.68. The molecule has 0 saturated carbocycles. The number of ether oxygens (including phenoxy) is 1. The first kappa shape index (κ1) is 19.9. The van der Waals surface area contributed by atoms with Crippen molar-refractivity contribution in [2.24, 2.45) is 5.11 Å². The molecule has 0 unspecified atom stereocenters. The van der Waals surface area contributed by atoms with Crippen molar-refractivity contribution in [3.8, 4) is 5.75 Å². The second kappa shape index (κ2) is 9.35. The molecule has 0 aliphatic carbocycles. The third-order valence-corrected chi connectivity index (χ3v) is 4.88. The molecule has 1 saturated heterocycles. The number of hydrogen-bond acceptors (Lipinski definition) is 4. The normalized spacial score (nSPS) is 13.8. The fourth-order valence-electron chi connectivity index (χ4n) is 3.11. The van der Waals surface area contributed by atoms with Gasteiger partial charge >= 0.3 is 0 Å². The molecule has 1 heterocycles. The third-order valence-electron chi connectivity index (χ3n) is 4.57. The summed E-state index contributed by atoms with van der Waals surface area (Å²) in [6, 6.07) is 12.5. The molecule has 7 nitrogen and oxygen atoms in total. The zero-order valence-corrected chi connectivity index (χ0v) is 16.5. The number of hydrogen-bond donors (Lipinski definition) is 0. The molecule has 2 aromatic carbocycles. The molecule has 146 valence electrons. The Hall–Kier alpha value is -2.89.